The number of methoxy groups -OCH3 is 1. The number of hydrogen-bond acceptors (Lipinski definition) is 5. The Morgan fingerprint density at radius 1 is 1.21 bits per heavy atom. The number of nitrogens with two attached hydrogens (primary N) is 1. The average Bonchev–Trinajstić information content (AvgIpc) is 2.58. The van der Waals surface area contributed by atoms with E-state index in [4.69, 9.17) is 15.2 Å². The van der Waals surface area contributed by atoms with Gasteiger partial charge >= 0.3 is 0 Å². The van der Waals surface area contributed by atoms with Crippen molar-refractivity contribution in [1.82, 2.24) is 5.43 Å². The van der Waals surface area contributed by atoms with Gasteiger partial charge in [0.15, 0.2) is 11.5 Å². The summed E-state index contributed by atoms with van der Waals surface area (Å²) in [4.78, 5) is 11.8. The fraction of sp³-hybridized carbons (Fsp3) is 0.222. The molecule has 0 unspecified atom stereocenters. The van der Waals surface area contributed by atoms with E-state index in [2.05, 4.69) is 10.5 Å². The van der Waals surface area contributed by atoms with Gasteiger partial charge in [0.1, 0.15) is 0 Å². The highest BCUT2D eigenvalue weighted by molar-refractivity contribution is 5.84. The minimum atomic E-state index is -0.200. The standard InChI is InChI=1S/C18H21N3O3/c1-3-24-16-9-6-14(10-17(16)23-2)12-20-21-18(22)11-13-4-7-15(19)8-5-13/h4-10,12H,3,11,19H2,1-2H3,(H,21,22)/b20-12-. The number of ether oxygens (including phenoxy) is 2. The lowest BCUT2D eigenvalue weighted by molar-refractivity contribution is -0.120. The van der Waals surface area contributed by atoms with Gasteiger partial charge in [-0.2, -0.15) is 5.10 Å². The molecule has 0 spiro atoms. The number of benzene rings is 2. The van der Waals surface area contributed by atoms with Gasteiger partial charge in [-0.05, 0) is 48.4 Å². The third-order valence-corrected chi connectivity index (χ3v) is 3.23. The lowest BCUT2D eigenvalue weighted by Crippen LogP contribution is -2.19. The number of amides is 1. The van der Waals surface area contributed by atoms with E-state index in [0.29, 0.717) is 23.8 Å². The number of nitrogens with one attached hydrogen (secondary N) is 1. The van der Waals surface area contributed by atoms with Crippen molar-refractivity contribution in [3.63, 3.8) is 0 Å². The van der Waals surface area contributed by atoms with Crippen molar-refractivity contribution in [2.45, 2.75) is 13.3 Å². The van der Waals surface area contributed by atoms with E-state index in [1.165, 1.54) is 0 Å². The highest BCUT2D eigenvalue weighted by Crippen LogP contribution is 2.27. The van der Waals surface area contributed by atoms with Crippen molar-refractivity contribution in [3.05, 3.63) is 53.6 Å². The Bertz CT molecular complexity index is 712. The number of carbonyl (C=O) groups is 1. The van der Waals surface area contributed by atoms with Crippen molar-refractivity contribution in [1.29, 1.82) is 0 Å². The van der Waals surface area contributed by atoms with Crippen LogP contribution in [0.2, 0.25) is 0 Å². The van der Waals surface area contributed by atoms with Gasteiger partial charge in [-0.15, -0.1) is 0 Å². The van der Waals surface area contributed by atoms with E-state index in [9.17, 15) is 4.79 Å². The topological polar surface area (TPSA) is 85.9 Å². The van der Waals surface area contributed by atoms with Crippen LogP contribution in [0.3, 0.4) is 0 Å². The van der Waals surface area contributed by atoms with Crippen molar-refractivity contribution in [2.24, 2.45) is 5.10 Å². The molecule has 2 rings (SSSR count). The number of hydrogen-bond donors (Lipinski definition) is 2. The SMILES string of the molecule is CCOc1ccc(/C=N\NC(=O)Cc2ccc(N)cc2)cc1OC. The Balaban J connectivity index is 1.93. The van der Waals surface area contributed by atoms with E-state index in [1.54, 1.807) is 37.6 Å². The quantitative estimate of drug-likeness (QED) is 0.464. The molecule has 3 N–H and O–H groups in total. The molecule has 0 aromatic heterocycles. The maximum absolute atomic E-state index is 11.8. The van der Waals surface area contributed by atoms with Crippen LogP contribution in [0.1, 0.15) is 18.1 Å². The van der Waals surface area contributed by atoms with Gasteiger partial charge in [0.25, 0.3) is 0 Å². The molecule has 126 valence electrons. The summed E-state index contributed by atoms with van der Waals surface area (Å²) in [5.74, 6) is 1.09. The number of nitrogen functional groups attached to an aromatic ring is 1. The van der Waals surface area contributed by atoms with E-state index in [-0.39, 0.29) is 12.3 Å². The number of anilines is 1. The molecule has 6 heteroatoms. The maximum atomic E-state index is 11.8. The third-order valence-electron chi connectivity index (χ3n) is 3.23. The first kappa shape index (κ1) is 17.3. The Labute approximate surface area is 141 Å². The average molecular weight is 327 g/mol. The Morgan fingerprint density at radius 3 is 2.62 bits per heavy atom. The van der Waals surface area contributed by atoms with Crippen molar-refractivity contribution in [2.75, 3.05) is 19.5 Å². The molecule has 6 nitrogen and oxygen atoms in total. The Kier molecular flexibility index (Phi) is 6.19. The van der Waals surface area contributed by atoms with Crippen LogP contribution < -0.4 is 20.6 Å². The number of carbonyl (C=O) groups excluding carboxylic acids is 1. The summed E-state index contributed by atoms with van der Waals surface area (Å²) in [5.41, 5.74) is 10.4. The van der Waals surface area contributed by atoms with Crippen LogP contribution in [0.4, 0.5) is 5.69 Å². The van der Waals surface area contributed by atoms with Crippen LogP contribution in [-0.2, 0) is 11.2 Å². The first-order valence-corrected chi connectivity index (χ1v) is 7.59. The zero-order chi connectivity index (χ0) is 17.4. The second-order valence-corrected chi connectivity index (χ2v) is 5.05. The fourth-order valence-corrected chi connectivity index (χ4v) is 2.08. The molecule has 2 aromatic carbocycles. The molecule has 0 saturated carbocycles. The second kappa shape index (κ2) is 8.57. The predicted molar refractivity (Wildman–Crippen MR) is 94.5 cm³/mol. The minimum absolute atomic E-state index is 0.200. The molecule has 0 aliphatic heterocycles. The smallest absolute Gasteiger partial charge is 0.244 e. The summed E-state index contributed by atoms with van der Waals surface area (Å²) in [7, 11) is 1.58. The Hall–Kier alpha value is -3.02. The minimum Gasteiger partial charge on any atom is -0.493 e. The van der Waals surface area contributed by atoms with Crippen LogP contribution >= 0.6 is 0 Å². The van der Waals surface area contributed by atoms with Gasteiger partial charge in [0.05, 0.1) is 26.4 Å². The molecule has 1 amide bonds. The van der Waals surface area contributed by atoms with E-state index in [0.717, 1.165) is 11.1 Å². The molecule has 0 heterocycles. The van der Waals surface area contributed by atoms with Crippen LogP contribution in [0.25, 0.3) is 0 Å². The van der Waals surface area contributed by atoms with Gasteiger partial charge in [-0.3, -0.25) is 4.79 Å². The summed E-state index contributed by atoms with van der Waals surface area (Å²) in [6.45, 7) is 2.47. The van der Waals surface area contributed by atoms with Crippen LogP contribution in [0, 0.1) is 0 Å². The first-order chi connectivity index (χ1) is 11.6. The van der Waals surface area contributed by atoms with Gasteiger partial charge < -0.3 is 15.2 Å². The summed E-state index contributed by atoms with van der Waals surface area (Å²) in [6, 6.07) is 12.6. The molecule has 0 saturated heterocycles. The number of rotatable bonds is 7. The second-order valence-electron chi connectivity index (χ2n) is 5.05. The fourth-order valence-electron chi connectivity index (χ4n) is 2.08. The molecule has 0 atom stereocenters. The molecular weight excluding hydrogens is 306 g/mol. The van der Waals surface area contributed by atoms with E-state index >= 15 is 0 Å². The summed E-state index contributed by atoms with van der Waals surface area (Å²) < 4.78 is 10.7. The predicted octanol–water partition coefficient (Wildman–Crippen LogP) is 2.37. The third kappa shape index (κ3) is 5.01. The van der Waals surface area contributed by atoms with Crippen molar-refractivity contribution >= 4 is 17.8 Å². The highest BCUT2D eigenvalue weighted by Gasteiger charge is 2.05. The molecular formula is C18H21N3O3. The van der Waals surface area contributed by atoms with Crippen molar-refractivity contribution < 1.29 is 14.3 Å². The summed E-state index contributed by atoms with van der Waals surface area (Å²) in [5, 5.41) is 3.96. The van der Waals surface area contributed by atoms with E-state index in [1.807, 2.05) is 25.1 Å². The molecule has 0 fully saturated rings. The van der Waals surface area contributed by atoms with Crippen LogP contribution in [0.15, 0.2) is 47.6 Å². The number of hydrazone groups is 1. The lowest BCUT2D eigenvalue weighted by atomic mass is 10.1. The molecule has 0 aliphatic rings. The summed E-state index contributed by atoms with van der Waals surface area (Å²) in [6.07, 6.45) is 1.79. The maximum Gasteiger partial charge on any atom is 0.244 e. The van der Waals surface area contributed by atoms with Gasteiger partial charge in [0, 0.05) is 5.69 Å². The molecule has 24 heavy (non-hydrogen) atoms. The first-order valence-electron chi connectivity index (χ1n) is 7.59. The van der Waals surface area contributed by atoms with Gasteiger partial charge in [-0.25, -0.2) is 5.43 Å². The van der Waals surface area contributed by atoms with Crippen LogP contribution in [-0.4, -0.2) is 25.8 Å². The molecule has 0 radical (unpaired) electrons. The normalized spacial score (nSPS) is 10.6. The highest BCUT2D eigenvalue weighted by atomic mass is 16.5. The number of nitrogens with zero attached hydrogens (tertiary/aromatic N) is 1. The lowest BCUT2D eigenvalue weighted by Gasteiger charge is -2.09. The zero-order valence-electron chi connectivity index (χ0n) is 13.8. The van der Waals surface area contributed by atoms with Crippen LogP contribution in [0.5, 0.6) is 11.5 Å². The molecule has 2 aromatic rings. The van der Waals surface area contributed by atoms with E-state index < -0.39 is 0 Å². The zero-order valence-corrected chi connectivity index (χ0v) is 13.8. The van der Waals surface area contributed by atoms with Gasteiger partial charge in [0.2, 0.25) is 5.91 Å². The van der Waals surface area contributed by atoms with Gasteiger partial charge in [-0.1, -0.05) is 12.1 Å². The summed E-state index contributed by atoms with van der Waals surface area (Å²) >= 11 is 0. The molecule has 0 bridgehead atoms. The Morgan fingerprint density at radius 2 is 1.96 bits per heavy atom. The molecule has 0 aliphatic carbocycles. The largest absolute Gasteiger partial charge is 0.493 e. The monoisotopic (exact) mass is 327 g/mol. The van der Waals surface area contributed by atoms with Crippen molar-refractivity contribution in [3.8, 4) is 11.5 Å².